The second kappa shape index (κ2) is 9.14. The van der Waals surface area contributed by atoms with E-state index in [9.17, 15) is 9.90 Å². The molecule has 0 radical (unpaired) electrons. The van der Waals surface area contributed by atoms with Crippen LogP contribution in [-0.4, -0.2) is 63.8 Å². The number of hydrogen-bond acceptors (Lipinski definition) is 7. The molecule has 3 aromatic rings. The predicted molar refractivity (Wildman–Crippen MR) is 128 cm³/mol. The smallest absolute Gasteiger partial charge is 0.256 e. The van der Waals surface area contributed by atoms with E-state index in [-0.39, 0.29) is 16.8 Å². The van der Waals surface area contributed by atoms with Crippen LogP contribution in [0.5, 0.6) is 0 Å². The Hall–Kier alpha value is -2.73. The first-order valence-corrected chi connectivity index (χ1v) is 14.1. The SMILES string of the molecule is CC(C)(C)[Si](C)(C)O[C@@H]1[C@@H](F)[C@@H](CO)O[C@H]1n1cnc2c(NC(=O)c3ccccc3)ncnc21. The molecule has 2 N–H and O–H groups in total. The van der Waals surface area contributed by atoms with Gasteiger partial charge < -0.3 is 19.6 Å². The van der Waals surface area contributed by atoms with Crippen molar-refractivity contribution in [2.45, 2.75) is 63.5 Å². The lowest BCUT2D eigenvalue weighted by Gasteiger charge is -2.39. The molecule has 1 aliphatic heterocycles. The largest absolute Gasteiger partial charge is 0.406 e. The molecular formula is C23H30FN5O4Si. The molecule has 0 unspecified atom stereocenters. The number of imidazole rings is 1. The van der Waals surface area contributed by atoms with Crippen molar-refractivity contribution < 1.29 is 23.5 Å². The van der Waals surface area contributed by atoms with Crippen LogP contribution in [0, 0.1) is 0 Å². The van der Waals surface area contributed by atoms with Gasteiger partial charge >= 0.3 is 0 Å². The van der Waals surface area contributed by atoms with Crippen molar-refractivity contribution in [2.75, 3.05) is 11.9 Å². The number of alkyl halides is 1. The molecule has 1 saturated heterocycles. The van der Waals surface area contributed by atoms with Crippen LogP contribution < -0.4 is 5.32 Å². The number of nitrogens with one attached hydrogen (secondary N) is 1. The van der Waals surface area contributed by atoms with E-state index in [1.54, 1.807) is 28.8 Å². The fourth-order valence-electron chi connectivity index (χ4n) is 3.61. The van der Waals surface area contributed by atoms with E-state index in [2.05, 4.69) is 41.0 Å². The van der Waals surface area contributed by atoms with Gasteiger partial charge in [-0.05, 0) is 30.3 Å². The summed E-state index contributed by atoms with van der Waals surface area (Å²) in [7, 11) is -2.37. The topological polar surface area (TPSA) is 111 Å². The highest BCUT2D eigenvalue weighted by molar-refractivity contribution is 6.74. The Morgan fingerprint density at radius 3 is 2.59 bits per heavy atom. The van der Waals surface area contributed by atoms with Gasteiger partial charge in [0.25, 0.3) is 5.91 Å². The highest BCUT2D eigenvalue weighted by Crippen LogP contribution is 2.43. The number of amides is 1. The lowest BCUT2D eigenvalue weighted by molar-refractivity contribution is -0.0473. The molecule has 34 heavy (non-hydrogen) atoms. The molecular weight excluding hydrogens is 457 g/mol. The molecule has 11 heteroatoms. The Kier molecular flexibility index (Phi) is 6.56. The summed E-state index contributed by atoms with van der Waals surface area (Å²) in [5.41, 5.74) is 1.17. The highest BCUT2D eigenvalue weighted by Gasteiger charge is 2.51. The van der Waals surface area contributed by atoms with Crippen molar-refractivity contribution in [1.82, 2.24) is 19.5 Å². The van der Waals surface area contributed by atoms with Crippen molar-refractivity contribution >= 4 is 31.2 Å². The van der Waals surface area contributed by atoms with Gasteiger partial charge in [0.05, 0.1) is 12.9 Å². The second-order valence-electron chi connectivity index (χ2n) is 9.90. The number of aromatic nitrogens is 4. The van der Waals surface area contributed by atoms with E-state index < -0.39 is 39.5 Å². The van der Waals surface area contributed by atoms with E-state index >= 15 is 4.39 Å². The Labute approximate surface area is 198 Å². The number of anilines is 1. The molecule has 1 fully saturated rings. The quantitative estimate of drug-likeness (QED) is 0.510. The van der Waals surface area contributed by atoms with Crippen LogP contribution in [0.25, 0.3) is 11.2 Å². The van der Waals surface area contributed by atoms with Crippen LogP contribution in [0.1, 0.15) is 37.4 Å². The minimum absolute atomic E-state index is 0.150. The van der Waals surface area contributed by atoms with E-state index in [1.165, 1.54) is 12.7 Å². The summed E-state index contributed by atoms with van der Waals surface area (Å²) >= 11 is 0. The Morgan fingerprint density at radius 2 is 1.94 bits per heavy atom. The molecule has 0 saturated carbocycles. The Bertz CT molecular complexity index is 1170. The van der Waals surface area contributed by atoms with Crippen LogP contribution in [0.4, 0.5) is 10.2 Å². The highest BCUT2D eigenvalue weighted by atomic mass is 28.4. The van der Waals surface area contributed by atoms with Gasteiger partial charge in [0, 0.05) is 5.56 Å². The van der Waals surface area contributed by atoms with Gasteiger partial charge in [-0.25, -0.2) is 19.3 Å². The molecule has 3 heterocycles. The zero-order valence-corrected chi connectivity index (χ0v) is 20.9. The fraction of sp³-hybridized carbons (Fsp3) is 0.478. The number of benzene rings is 1. The summed E-state index contributed by atoms with van der Waals surface area (Å²) in [5.74, 6) is -0.108. The number of aliphatic hydroxyl groups excluding tert-OH is 1. The zero-order chi connectivity index (χ0) is 24.7. The van der Waals surface area contributed by atoms with E-state index in [0.29, 0.717) is 16.7 Å². The summed E-state index contributed by atoms with van der Waals surface area (Å²) in [6, 6.07) is 8.74. The third kappa shape index (κ3) is 4.48. The van der Waals surface area contributed by atoms with Crippen molar-refractivity contribution in [2.24, 2.45) is 0 Å². The minimum Gasteiger partial charge on any atom is -0.406 e. The molecule has 4 atom stereocenters. The number of rotatable bonds is 6. The van der Waals surface area contributed by atoms with Crippen molar-refractivity contribution in [3.63, 3.8) is 0 Å². The number of hydrogen-bond donors (Lipinski definition) is 2. The van der Waals surface area contributed by atoms with Gasteiger partial charge in [0.2, 0.25) is 0 Å². The van der Waals surface area contributed by atoms with Gasteiger partial charge in [-0.1, -0.05) is 39.0 Å². The lowest BCUT2D eigenvalue weighted by Crippen LogP contribution is -2.47. The number of halogens is 1. The Balaban J connectivity index is 1.68. The molecule has 1 aromatic carbocycles. The second-order valence-corrected chi connectivity index (χ2v) is 14.7. The summed E-state index contributed by atoms with van der Waals surface area (Å²) < 4.78 is 29.2. The maximum absolute atomic E-state index is 15.3. The van der Waals surface area contributed by atoms with E-state index in [1.807, 2.05) is 19.2 Å². The van der Waals surface area contributed by atoms with Gasteiger partial charge in [0.15, 0.2) is 37.7 Å². The molecule has 0 spiro atoms. The van der Waals surface area contributed by atoms with Crippen LogP contribution >= 0.6 is 0 Å². The van der Waals surface area contributed by atoms with Gasteiger partial charge in [-0.3, -0.25) is 9.36 Å². The first kappa shape index (κ1) is 24.4. The van der Waals surface area contributed by atoms with Crippen molar-refractivity contribution in [3.05, 3.63) is 48.5 Å². The molecule has 0 bridgehead atoms. The summed E-state index contributed by atoms with van der Waals surface area (Å²) in [4.78, 5) is 25.5. The Morgan fingerprint density at radius 1 is 1.24 bits per heavy atom. The lowest BCUT2D eigenvalue weighted by atomic mass is 10.1. The first-order chi connectivity index (χ1) is 16.0. The van der Waals surface area contributed by atoms with Crippen molar-refractivity contribution in [1.29, 1.82) is 0 Å². The number of carbonyl (C=O) groups excluding carboxylic acids is 1. The molecule has 1 aliphatic rings. The summed E-state index contributed by atoms with van der Waals surface area (Å²) in [6.45, 7) is 9.81. The third-order valence-electron chi connectivity index (χ3n) is 6.58. The van der Waals surface area contributed by atoms with E-state index in [0.717, 1.165) is 0 Å². The fourth-order valence-corrected chi connectivity index (χ4v) is 4.89. The molecule has 182 valence electrons. The zero-order valence-electron chi connectivity index (χ0n) is 19.9. The van der Waals surface area contributed by atoms with Crippen LogP contribution in [0.2, 0.25) is 18.1 Å². The molecule has 0 aliphatic carbocycles. The monoisotopic (exact) mass is 487 g/mol. The molecule has 4 rings (SSSR count). The third-order valence-corrected chi connectivity index (χ3v) is 11.1. The van der Waals surface area contributed by atoms with Crippen LogP contribution in [0.3, 0.4) is 0 Å². The van der Waals surface area contributed by atoms with Crippen LogP contribution in [-0.2, 0) is 9.16 Å². The van der Waals surface area contributed by atoms with E-state index in [4.69, 9.17) is 9.16 Å². The number of aliphatic hydroxyl groups is 1. The number of fused-ring (bicyclic) bond motifs is 1. The maximum atomic E-state index is 15.3. The van der Waals surface area contributed by atoms with Crippen molar-refractivity contribution in [3.8, 4) is 0 Å². The summed E-state index contributed by atoms with van der Waals surface area (Å²) in [6.07, 6.45) is -1.63. The normalized spacial score (nSPS) is 23.4. The minimum atomic E-state index is -2.37. The number of nitrogens with zero attached hydrogens (tertiary/aromatic N) is 4. The van der Waals surface area contributed by atoms with Gasteiger partial charge in [-0.2, -0.15) is 0 Å². The molecule has 2 aromatic heterocycles. The number of ether oxygens (including phenoxy) is 1. The standard InChI is InChI=1S/C23H30FN5O4Si/c1-23(2,3)34(4,5)33-18-16(24)15(11-30)32-22(18)29-13-27-17-19(25-12-26-20(17)29)28-21(31)14-9-7-6-8-10-14/h6-10,12-13,15-16,18,22,30H,11H2,1-5H3,(H,25,26,28,31)/t15-,16+,18-,22-/m1/s1. The molecule has 1 amide bonds. The maximum Gasteiger partial charge on any atom is 0.256 e. The average molecular weight is 488 g/mol. The average Bonchev–Trinajstić information content (AvgIpc) is 3.35. The van der Waals surface area contributed by atoms with Gasteiger partial charge in [-0.15, -0.1) is 0 Å². The molecule has 9 nitrogen and oxygen atoms in total. The first-order valence-electron chi connectivity index (χ1n) is 11.2. The summed E-state index contributed by atoms with van der Waals surface area (Å²) in [5, 5.41) is 12.3. The van der Waals surface area contributed by atoms with Crippen LogP contribution in [0.15, 0.2) is 43.0 Å². The number of carbonyl (C=O) groups is 1. The van der Waals surface area contributed by atoms with Gasteiger partial charge in [0.1, 0.15) is 18.5 Å². The predicted octanol–water partition coefficient (Wildman–Crippen LogP) is 3.70.